The highest BCUT2D eigenvalue weighted by Gasteiger charge is 2.26. The summed E-state index contributed by atoms with van der Waals surface area (Å²) in [7, 11) is 0. The normalized spacial score (nSPS) is 29.9. The van der Waals surface area contributed by atoms with Gasteiger partial charge in [0.25, 0.3) is 0 Å². The van der Waals surface area contributed by atoms with E-state index in [0.717, 1.165) is 17.8 Å². The fraction of sp³-hybridized carbons (Fsp3) is 0.900. The zero-order valence-electron chi connectivity index (χ0n) is 7.84. The molecule has 2 nitrogen and oxygen atoms in total. The van der Waals surface area contributed by atoms with Gasteiger partial charge in [-0.05, 0) is 12.8 Å². The van der Waals surface area contributed by atoms with Crippen molar-refractivity contribution in [3.63, 3.8) is 0 Å². The van der Waals surface area contributed by atoms with E-state index in [9.17, 15) is 0 Å². The number of halogens is 1. The smallest absolute Gasteiger partial charge is 0.186 e. The molecule has 0 spiro atoms. The van der Waals surface area contributed by atoms with E-state index >= 15 is 0 Å². The van der Waals surface area contributed by atoms with Gasteiger partial charge in [0, 0.05) is 11.2 Å². The summed E-state index contributed by atoms with van der Waals surface area (Å²) in [5, 5.41) is 0.909. The Morgan fingerprint density at radius 1 is 1.31 bits per heavy atom. The molecule has 1 fully saturated rings. The molecule has 13 heavy (non-hydrogen) atoms. The summed E-state index contributed by atoms with van der Waals surface area (Å²) >= 11 is 3.43. The van der Waals surface area contributed by atoms with Crippen molar-refractivity contribution in [1.82, 2.24) is 0 Å². The Labute approximate surface area is 87.9 Å². The molecule has 0 aromatic carbocycles. The van der Waals surface area contributed by atoms with Crippen LogP contribution in [0.2, 0.25) is 0 Å². The van der Waals surface area contributed by atoms with Gasteiger partial charge in [0.15, 0.2) is 5.90 Å². The standard InChI is InChI=1S/C10H16BrNO/c11-6-9-7-12-10(13-9)8-4-2-1-3-5-8/h8-9H,1-7H2. The van der Waals surface area contributed by atoms with Gasteiger partial charge in [0.05, 0.1) is 6.54 Å². The van der Waals surface area contributed by atoms with Gasteiger partial charge >= 0.3 is 0 Å². The largest absolute Gasteiger partial charge is 0.475 e. The zero-order valence-corrected chi connectivity index (χ0v) is 9.42. The van der Waals surface area contributed by atoms with E-state index in [4.69, 9.17) is 4.74 Å². The molecule has 0 amide bonds. The lowest BCUT2D eigenvalue weighted by molar-refractivity contribution is 0.226. The van der Waals surface area contributed by atoms with Crippen molar-refractivity contribution in [1.29, 1.82) is 0 Å². The summed E-state index contributed by atoms with van der Waals surface area (Å²) in [5.41, 5.74) is 0. The second-order valence-corrected chi connectivity index (χ2v) is 4.56. The number of hydrogen-bond donors (Lipinski definition) is 0. The van der Waals surface area contributed by atoms with Crippen LogP contribution < -0.4 is 0 Å². The molecule has 0 N–H and O–H groups in total. The lowest BCUT2D eigenvalue weighted by Gasteiger charge is -2.21. The Hall–Kier alpha value is -0.0500. The van der Waals surface area contributed by atoms with Gasteiger partial charge in [-0.1, -0.05) is 35.2 Å². The molecule has 0 radical (unpaired) electrons. The SMILES string of the molecule is BrCC1CN=C(C2CCCCC2)O1. The van der Waals surface area contributed by atoms with Gasteiger partial charge in [-0.3, -0.25) is 4.99 Å². The molecule has 1 heterocycles. The molecule has 1 aliphatic carbocycles. The number of nitrogens with zero attached hydrogens (tertiary/aromatic N) is 1. The molecule has 74 valence electrons. The third kappa shape index (κ3) is 2.25. The van der Waals surface area contributed by atoms with Crippen molar-refractivity contribution >= 4 is 21.8 Å². The Morgan fingerprint density at radius 3 is 2.69 bits per heavy atom. The first-order valence-corrected chi connectivity index (χ1v) is 6.29. The van der Waals surface area contributed by atoms with Crippen molar-refractivity contribution in [2.24, 2.45) is 10.9 Å². The summed E-state index contributed by atoms with van der Waals surface area (Å²) in [6, 6.07) is 0. The van der Waals surface area contributed by atoms with Gasteiger partial charge in [0.2, 0.25) is 0 Å². The van der Waals surface area contributed by atoms with Crippen LogP contribution in [0.4, 0.5) is 0 Å². The van der Waals surface area contributed by atoms with Crippen molar-refractivity contribution < 1.29 is 4.74 Å². The summed E-state index contributed by atoms with van der Waals surface area (Å²) in [4.78, 5) is 4.48. The van der Waals surface area contributed by atoms with Crippen LogP contribution in [-0.4, -0.2) is 23.9 Å². The Kier molecular flexibility index (Phi) is 3.25. The molecule has 1 aliphatic heterocycles. The van der Waals surface area contributed by atoms with Crippen LogP contribution in [0, 0.1) is 5.92 Å². The van der Waals surface area contributed by atoms with Gasteiger partial charge < -0.3 is 4.74 Å². The Balaban J connectivity index is 1.87. The van der Waals surface area contributed by atoms with Crippen LogP contribution >= 0.6 is 15.9 Å². The van der Waals surface area contributed by atoms with Crippen LogP contribution in [-0.2, 0) is 4.74 Å². The molecule has 1 unspecified atom stereocenters. The number of ether oxygens (including phenoxy) is 1. The number of rotatable bonds is 2. The molecule has 0 aromatic heterocycles. The van der Waals surface area contributed by atoms with E-state index in [1.807, 2.05) is 0 Å². The maximum absolute atomic E-state index is 5.75. The van der Waals surface area contributed by atoms with Crippen molar-refractivity contribution in [2.75, 3.05) is 11.9 Å². The van der Waals surface area contributed by atoms with E-state index in [1.54, 1.807) is 0 Å². The summed E-state index contributed by atoms with van der Waals surface area (Å²) < 4.78 is 5.75. The molecule has 0 saturated heterocycles. The minimum atomic E-state index is 0.303. The fourth-order valence-electron chi connectivity index (χ4n) is 2.09. The first kappa shape index (κ1) is 9.50. The molecule has 0 aromatic rings. The number of hydrogen-bond acceptors (Lipinski definition) is 2. The Bertz CT molecular complexity index is 199. The first-order chi connectivity index (χ1) is 6.40. The highest BCUT2D eigenvalue weighted by Crippen LogP contribution is 2.27. The monoisotopic (exact) mass is 245 g/mol. The summed E-state index contributed by atoms with van der Waals surface area (Å²) in [6.07, 6.45) is 6.97. The number of aliphatic imine (C=N–C) groups is 1. The zero-order chi connectivity index (χ0) is 9.10. The fourth-order valence-corrected chi connectivity index (χ4v) is 2.43. The summed E-state index contributed by atoms with van der Waals surface area (Å²) in [5.74, 6) is 1.68. The number of alkyl halides is 1. The average molecular weight is 246 g/mol. The molecule has 3 heteroatoms. The third-order valence-corrected chi connectivity index (χ3v) is 3.59. The van der Waals surface area contributed by atoms with Gasteiger partial charge in [-0.25, -0.2) is 0 Å². The van der Waals surface area contributed by atoms with Crippen LogP contribution in [0.15, 0.2) is 4.99 Å². The summed E-state index contributed by atoms with van der Waals surface area (Å²) in [6.45, 7) is 0.858. The second kappa shape index (κ2) is 4.45. The topological polar surface area (TPSA) is 21.6 Å². The lowest BCUT2D eigenvalue weighted by atomic mass is 9.89. The minimum absolute atomic E-state index is 0.303. The molecule has 2 rings (SSSR count). The van der Waals surface area contributed by atoms with Crippen LogP contribution in [0.25, 0.3) is 0 Å². The maximum atomic E-state index is 5.75. The maximum Gasteiger partial charge on any atom is 0.186 e. The first-order valence-electron chi connectivity index (χ1n) is 5.17. The average Bonchev–Trinajstić information content (AvgIpc) is 2.67. The van der Waals surface area contributed by atoms with Crippen LogP contribution in [0.5, 0.6) is 0 Å². The minimum Gasteiger partial charge on any atom is -0.475 e. The van der Waals surface area contributed by atoms with Crippen molar-refractivity contribution in [2.45, 2.75) is 38.2 Å². The van der Waals surface area contributed by atoms with Gasteiger partial charge in [-0.2, -0.15) is 0 Å². The van der Waals surface area contributed by atoms with E-state index in [-0.39, 0.29) is 0 Å². The van der Waals surface area contributed by atoms with Gasteiger partial charge in [0.1, 0.15) is 6.10 Å². The highest BCUT2D eigenvalue weighted by molar-refractivity contribution is 9.09. The predicted octanol–water partition coefficient (Wildman–Crippen LogP) is 2.76. The predicted molar refractivity (Wildman–Crippen MR) is 57.5 cm³/mol. The van der Waals surface area contributed by atoms with Gasteiger partial charge in [-0.15, -0.1) is 0 Å². The van der Waals surface area contributed by atoms with E-state index in [1.165, 1.54) is 32.1 Å². The van der Waals surface area contributed by atoms with Crippen LogP contribution in [0.3, 0.4) is 0 Å². The molecular formula is C10H16BrNO. The second-order valence-electron chi connectivity index (χ2n) is 3.91. The van der Waals surface area contributed by atoms with Crippen molar-refractivity contribution in [3.8, 4) is 0 Å². The molecular weight excluding hydrogens is 230 g/mol. The van der Waals surface area contributed by atoms with Crippen LogP contribution in [0.1, 0.15) is 32.1 Å². The quantitative estimate of drug-likeness (QED) is 0.686. The van der Waals surface area contributed by atoms with E-state index < -0.39 is 0 Å². The molecule has 0 bridgehead atoms. The molecule has 1 atom stereocenters. The van der Waals surface area contributed by atoms with E-state index in [2.05, 4.69) is 20.9 Å². The van der Waals surface area contributed by atoms with E-state index in [0.29, 0.717) is 12.0 Å². The Morgan fingerprint density at radius 2 is 2.08 bits per heavy atom. The van der Waals surface area contributed by atoms with Crippen molar-refractivity contribution in [3.05, 3.63) is 0 Å². The third-order valence-electron chi connectivity index (χ3n) is 2.86. The lowest BCUT2D eigenvalue weighted by Crippen LogP contribution is -2.21. The molecule has 1 saturated carbocycles. The molecule has 2 aliphatic rings. The highest BCUT2D eigenvalue weighted by atomic mass is 79.9.